The standard InChI is InChI=1S/C36H44N3O7P/c1-26(2)23-32(36(43)44)37-33(40)31(24-27-15-7-5-8-16-27)38-47(45,46-25-28-17-9-6-10-18-28)22-14-4-3-13-21-39-34(41)29-19-11-12-20-30(29)35(39)42/h5-12,15-20,26,31-32H,3-4,13-14,21-25H2,1-2H3,(H,37,40)(H,38,45)(H,43,44)/t31-,32-,47?/m0/s1. The molecule has 47 heavy (non-hydrogen) atoms. The summed E-state index contributed by atoms with van der Waals surface area (Å²) >= 11 is 0. The SMILES string of the molecule is CC(C)C[C@H](NC(=O)[C@H](Cc1ccccc1)NP(=O)(CCCCCCN1C(=O)c2ccccc2C1=O)OCc1ccccc1)C(=O)O. The van der Waals surface area contributed by atoms with Crippen LogP contribution in [-0.2, 0) is 31.7 Å². The molecule has 250 valence electrons. The molecule has 0 saturated carbocycles. The Morgan fingerprint density at radius 2 is 1.34 bits per heavy atom. The molecular weight excluding hydrogens is 617 g/mol. The van der Waals surface area contributed by atoms with E-state index in [1.807, 2.05) is 74.5 Å². The van der Waals surface area contributed by atoms with Gasteiger partial charge in [0.1, 0.15) is 6.04 Å². The van der Waals surface area contributed by atoms with Crippen molar-refractivity contribution in [2.75, 3.05) is 12.7 Å². The quantitative estimate of drug-likeness (QED) is 0.0799. The van der Waals surface area contributed by atoms with Crippen molar-refractivity contribution in [3.63, 3.8) is 0 Å². The molecule has 1 aliphatic heterocycles. The van der Waals surface area contributed by atoms with Crippen molar-refractivity contribution >= 4 is 31.2 Å². The number of hydrogen-bond donors (Lipinski definition) is 3. The predicted octanol–water partition coefficient (Wildman–Crippen LogP) is 6.07. The number of carboxylic acids is 1. The molecule has 11 heteroatoms. The van der Waals surface area contributed by atoms with Crippen LogP contribution in [-0.4, -0.2) is 58.5 Å². The molecule has 3 aromatic rings. The highest BCUT2D eigenvalue weighted by molar-refractivity contribution is 7.56. The van der Waals surface area contributed by atoms with Crippen molar-refractivity contribution < 1.29 is 33.4 Å². The summed E-state index contributed by atoms with van der Waals surface area (Å²) in [6.07, 6.45) is 3.02. The zero-order valence-corrected chi connectivity index (χ0v) is 27.9. The number of benzene rings is 3. The van der Waals surface area contributed by atoms with Crippen molar-refractivity contribution in [2.45, 2.75) is 71.1 Å². The maximum Gasteiger partial charge on any atom is 0.326 e. The van der Waals surface area contributed by atoms with E-state index in [0.29, 0.717) is 43.4 Å². The number of carbonyl (C=O) groups is 4. The van der Waals surface area contributed by atoms with Gasteiger partial charge in [0.25, 0.3) is 19.3 Å². The number of imide groups is 1. The van der Waals surface area contributed by atoms with Crippen LogP contribution in [0.4, 0.5) is 0 Å². The number of carboxylic acid groups (broad SMARTS) is 1. The Labute approximate surface area is 276 Å². The van der Waals surface area contributed by atoms with Crippen molar-refractivity contribution in [1.82, 2.24) is 15.3 Å². The van der Waals surface area contributed by atoms with Gasteiger partial charge >= 0.3 is 5.97 Å². The summed E-state index contributed by atoms with van der Waals surface area (Å²) in [5.74, 6) is -2.22. The van der Waals surface area contributed by atoms with Gasteiger partial charge in [0.2, 0.25) is 5.91 Å². The molecule has 0 aliphatic carbocycles. The number of amides is 3. The largest absolute Gasteiger partial charge is 0.480 e. The highest BCUT2D eigenvalue weighted by atomic mass is 31.2. The summed E-state index contributed by atoms with van der Waals surface area (Å²) in [5.41, 5.74) is 2.49. The molecule has 0 bridgehead atoms. The lowest BCUT2D eigenvalue weighted by molar-refractivity contribution is -0.142. The van der Waals surface area contributed by atoms with E-state index < -0.39 is 31.5 Å². The Morgan fingerprint density at radius 3 is 1.91 bits per heavy atom. The number of hydrogen-bond acceptors (Lipinski definition) is 6. The Kier molecular flexibility index (Phi) is 13.0. The molecule has 3 aromatic carbocycles. The first-order chi connectivity index (χ1) is 22.6. The molecule has 3 amide bonds. The zero-order valence-electron chi connectivity index (χ0n) is 27.0. The minimum Gasteiger partial charge on any atom is -0.480 e. The second kappa shape index (κ2) is 17.2. The number of rotatable bonds is 19. The molecular formula is C36H44N3O7P. The number of nitrogens with zero attached hydrogens (tertiary/aromatic N) is 1. The van der Waals surface area contributed by atoms with E-state index in [9.17, 15) is 28.8 Å². The third kappa shape index (κ3) is 10.4. The molecule has 0 spiro atoms. The maximum atomic E-state index is 14.4. The Bertz CT molecular complexity index is 1530. The van der Waals surface area contributed by atoms with Crippen molar-refractivity contribution in [3.8, 4) is 0 Å². The first kappa shape index (κ1) is 35.7. The van der Waals surface area contributed by atoms with Gasteiger partial charge in [-0.2, -0.15) is 0 Å². The molecule has 3 N–H and O–H groups in total. The number of nitrogens with one attached hydrogen (secondary N) is 2. The molecule has 0 saturated heterocycles. The van der Waals surface area contributed by atoms with Gasteiger partial charge < -0.3 is 14.9 Å². The van der Waals surface area contributed by atoms with E-state index in [1.165, 1.54) is 4.90 Å². The first-order valence-corrected chi connectivity index (χ1v) is 17.9. The normalized spacial score (nSPS) is 15.3. The van der Waals surface area contributed by atoms with E-state index in [4.69, 9.17) is 4.52 Å². The molecule has 0 radical (unpaired) electrons. The Hall–Kier alpha value is -4.11. The Morgan fingerprint density at radius 1 is 0.787 bits per heavy atom. The third-order valence-corrected chi connectivity index (χ3v) is 10.2. The van der Waals surface area contributed by atoms with Crippen LogP contribution >= 0.6 is 7.52 Å². The summed E-state index contributed by atoms with van der Waals surface area (Å²) in [5, 5.41) is 15.4. The number of fused-ring (bicyclic) bond motifs is 1. The lowest BCUT2D eigenvalue weighted by Crippen LogP contribution is -2.51. The van der Waals surface area contributed by atoms with Gasteiger partial charge in [0, 0.05) is 12.7 Å². The molecule has 4 rings (SSSR count). The van der Waals surface area contributed by atoms with Crippen LogP contribution in [0.3, 0.4) is 0 Å². The molecule has 0 fully saturated rings. The molecule has 0 aromatic heterocycles. The lowest BCUT2D eigenvalue weighted by Gasteiger charge is -2.27. The average molecular weight is 662 g/mol. The van der Waals surface area contributed by atoms with Crippen molar-refractivity contribution in [1.29, 1.82) is 0 Å². The second-order valence-corrected chi connectivity index (χ2v) is 14.6. The fourth-order valence-electron chi connectivity index (χ4n) is 5.55. The predicted molar refractivity (Wildman–Crippen MR) is 180 cm³/mol. The van der Waals surface area contributed by atoms with E-state index in [-0.39, 0.29) is 43.3 Å². The lowest BCUT2D eigenvalue weighted by atomic mass is 10.0. The summed E-state index contributed by atoms with van der Waals surface area (Å²) < 4.78 is 20.5. The van der Waals surface area contributed by atoms with Crippen LogP contribution in [0.15, 0.2) is 84.9 Å². The maximum absolute atomic E-state index is 14.4. The van der Waals surface area contributed by atoms with Gasteiger partial charge in [-0.1, -0.05) is 99.5 Å². The van der Waals surface area contributed by atoms with Crippen LogP contribution < -0.4 is 10.4 Å². The van der Waals surface area contributed by atoms with Gasteiger partial charge in [-0.15, -0.1) is 0 Å². The Balaban J connectivity index is 1.42. The topological polar surface area (TPSA) is 142 Å². The van der Waals surface area contributed by atoms with Gasteiger partial charge in [-0.25, -0.2) is 9.88 Å². The van der Waals surface area contributed by atoms with Crippen LogP contribution in [0.5, 0.6) is 0 Å². The minimum atomic E-state index is -3.63. The summed E-state index contributed by atoms with van der Waals surface area (Å²) in [6, 6.07) is 23.3. The molecule has 1 heterocycles. The van der Waals surface area contributed by atoms with Gasteiger partial charge in [0.05, 0.1) is 23.8 Å². The monoisotopic (exact) mass is 661 g/mol. The number of carbonyl (C=O) groups excluding carboxylic acids is 3. The smallest absolute Gasteiger partial charge is 0.326 e. The molecule has 1 unspecified atom stereocenters. The molecule has 3 atom stereocenters. The summed E-state index contributed by atoms with van der Waals surface area (Å²) in [6.45, 7) is 4.13. The number of unbranched alkanes of at least 4 members (excludes halogenated alkanes) is 3. The van der Waals surface area contributed by atoms with Crippen molar-refractivity contribution in [3.05, 3.63) is 107 Å². The fraction of sp³-hybridized carbons (Fsp3) is 0.389. The fourth-order valence-corrected chi connectivity index (χ4v) is 7.57. The van der Waals surface area contributed by atoms with E-state index in [0.717, 1.165) is 11.1 Å². The number of aliphatic carboxylic acids is 1. The first-order valence-electron chi connectivity index (χ1n) is 16.1. The van der Waals surface area contributed by atoms with Gasteiger partial charge in [-0.3, -0.25) is 23.8 Å². The zero-order chi connectivity index (χ0) is 33.8. The summed E-state index contributed by atoms with van der Waals surface area (Å²) in [4.78, 5) is 52.2. The van der Waals surface area contributed by atoms with E-state index in [1.54, 1.807) is 24.3 Å². The molecule has 1 aliphatic rings. The second-order valence-electron chi connectivity index (χ2n) is 12.3. The third-order valence-electron chi connectivity index (χ3n) is 8.02. The minimum absolute atomic E-state index is 0.0364. The van der Waals surface area contributed by atoms with Gasteiger partial charge in [0.15, 0.2) is 0 Å². The van der Waals surface area contributed by atoms with Crippen LogP contribution in [0.1, 0.15) is 77.8 Å². The van der Waals surface area contributed by atoms with Crippen LogP contribution in [0.2, 0.25) is 0 Å². The average Bonchev–Trinajstić information content (AvgIpc) is 3.30. The van der Waals surface area contributed by atoms with Gasteiger partial charge in [-0.05, 0) is 54.9 Å². The van der Waals surface area contributed by atoms with E-state index in [2.05, 4.69) is 10.4 Å². The van der Waals surface area contributed by atoms with E-state index >= 15 is 0 Å². The van der Waals surface area contributed by atoms with Crippen LogP contribution in [0, 0.1) is 5.92 Å². The van der Waals surface area contributed by atoms with Crippen molar-refractivity contribution in [2.24, 2.45) is 5.92 Å². The summed E-state index contributed by atoms with van der Waals surface area (Å²) in [7, 11) is -3.63. The molecule has 10 nitrogen and oxygen atoms in total. The van der Waals surface area contributed by atoms with Crippen LogP contribution in [0.25, 0.3) is 0 Å². The highest BCUT2D eigenvalue weighted by Crippen LogP contribution is 2.45. The highest BCUT2D eigenvalue weighted by Gasteiger charge is 2.35.